The van der Waals surface area contributed by atoms with Gasteiger partial charge in [0.15, 0.2) is 0 Å². The lowest BCUT2D eigenvalue weighted by Crippen LogP contribution is -2.32. The maximum absolute atomic E-state index is 12.0. The summed E-state index contributed by atoms with van der Waals surface area (Å²) in [6.45, 7) is 0.418. The van der Waals surface area contributed by atoms with E-state index in [0.717, 1.165) is 10.9 Å². The van der Waals surface area contributed by atoms with Crippen molar-refractivity contribution in [1.29, 1.82) is 0 Å². The Hall–Kier alpha value is -2.89. The lowest BCUT2D eigenvalue weighted by Gasteiger charge is -2.12. The predicted molar refractivity (Wildman–Crippen MR) is 103 cm³/mol. The van der Waals surface area contributed by atoms with Crippen LogP contribution in [0.25, 0.3) is 10.9 Å². The van der Waals surface area contributed by atoms with Crippen LogP contribution < -0.4 is 0 Å². The first-order valence-electron chi connectivity index (χ1n) is 9.18. The molecule has 1 aliphatic rings. The van der Waals surface area contributed by atoms with Crippen molar-refractivity contribution in [2.75, 3.05) is 12.4 Å². The Bertz CT molecular complexity index is 1070. The van der Waals surface area contributed by atoms with Crippen LogP contribution in [-0.4, -0.2) is 53.2 Å². The number of fused-ring (bicyclic) bond motifs is 1. The van der Waals surface area contributed by atoms with Crippen molar-refractivity contribution < 1.29 is 36.9 Å². The number of amides is 2. The van der Waals surface area contributed by atoms with Crippen LogP contribution in [0.5, 0.6) is 0 Å². The molecule has 0 aliphatic carbocycles. The van der Waals surface area contributed by atoms with Gasteiger partial charge in [-0.15, -0.1) is 5.06 Å². The maximum Gasteiger partial charge on any atom is 0.337 e. The van der Waals surface area contributed by atoms with Gasteiger partial charge in [-0.2, -0.15) is 8.42 Å². The first-order valence-corrected chi connectivity index (χ1v) is 10.8. The maximum atomic E-state index is 12.0. The van der Waals surface area contributed by atoms with Crippen molar-refractivity contribution in [3.8, 4) is 0 Å². The largest absolute Gasteiger partial charge is 0.377 e. The zero-order chi connectivity index (χ0) is 21.7. The fourth-order valence-electron chi connectivity index (χ4n) is 2.89. The Morgan fingerprint density at radius 2 is 1.87 bits per heavy atom. The van der Waals surface area contributed by atoms with E-state index < -0.39 is 27.9 Å². The summed E-state index contributed by atoms with van der Waals surface area (Å²) in [4.78, 5) is 44.2. The van der Waals surface area contributed by atoms with Crippen LogP contribution in [0.2, 0.25) is 0 Å². The van der Waals surface area contributed by atoms with Crippen molar-refractivity contribution in [2.45, 2.75) is 32.3 Å². The normalized spacial score (nSPS) is 14.5. The minimum atomic E-state index is -3.98. The number of imide groups is 1. The van der Waals surface area contributed by atoms with Gasteiger partial charge in [0.2, 0.25) is 0 Å². The van der Waals surface area contributed by atoms with E-state index in [1.54, 1.807) is 24.4 Å². The summed E-state index contributed by atoms with van der Waals surface area (Å²) in [5.41, 5.74) is 2.05. The van der Waals surface area contributed by atoms with Crippen LogP contribution in [0.4, 0.5) is 0 Å². The Morgan fingerprint density at radius 1 is 1.13 bits per heavy atom. The molecule has 2 heterocycles. The minimum Gasteiger partial charge on any atom is -0.377 e. The summed E-state index contributed by atoms with van der Waals surface area (Å²) in [6.07, 6.45) is 1.76. The highest BCUT2D eigenvalue weighted by atomic mass is 32.2. The fourth-order valence-corrected chi connectivity index (χ4v) is 3.38. The van der Waals surface area contributed by atoms with E-state index in [2.05, 4.69) is 4.98 Å². The van der Waals surface area contributed by atoms with Gasteiger partial charge in [-0.25, -0.2) is 4.79 Å². The second kappa shape index (κ2) is 9.28. The smallest absolute Gasteiger partial charge is 0.337 e. The highest BCUT2D eigenvalue weighted by Gasteiger charge is 2.32. The molecule has 11 heteroatoms. The number of hydroxylamine groups is 2. The van der Waals surface area contributed by atoms with Crippen molar-refractivity contribution in [3.05, 3.63) is 41.6 Å². The van der Waals surface area contributed by atoms with Crippen molar-refractivity contribution in [1.82, 2.24) is 10.0 Å². The third-order valence-electron chi connectivity index (χ3n) is 4.31. The molecule has 1 saturated heterocycles. The molecule has 10 nitrogen and oxygen atoms in total. The summed E-state index contributed by atoms with van der Waals surface area (Å²) < 4.78 is 35.4. The van der Waals surface area contributed by atoms with E-state index in [0.29, 0.717) is 16.1 Å². The molecule has 0 bridgehead atoms. The Kier molecular flexibility index (Phi) is 6.75. The number of carbonyl (C=O) groups excluding carboxylic acids is 3. The van der Waals surface area contributed by atoms with E-state index in [1.165, 1.54) is 0 Å². The second-order valence-electron chi connectivity index (χ2n) is 6.78. The summed E-state index contributed by atoms with van der Waals surface area (Å²) >= 11 is 0. The van der Waals surface area contributed by atoms with Gasteiger partial charge < -0.3 is 9.57 Å². The Morgan fingerprint density at radius 3 is 2.57 bits per heavy atom. The number of rotatable bonds is 9. The van der Waals surface area contributed by atoms with E-state index in [4.69, 9.17) is 14.1 Å². The lowest BCUT2D eigenvalue weighted by atomic mass is 10.1. The third kappa shape index (κ3) is 6.05. The highest BCUT2D eigenvalue weighted by molar-refractivity contribution is 7.85. The van der Waals surface area contributed by atoms with Crippen molar-refractivity contribution in [2.24, 2.45) is 0 Å². The van der Waals surface area contributed by atoms with Gasteiger partial charge in [0.25, 0.3) is 21.9 Å². The van der Waals surface area contributed by atoms with Gasteiger partial charge >= 0.3 is 5.97 Å². The van der Waals surface area contributed by atoms with Crippen molar-refractivity contribution >= 4 is 38.8 Å². The summed E-state index contributed by atoms with van der Waals surface area (Å²) in [6, 6.07) is 7.06. The molecule has 1 aromatic heterocycles. The van der Waals surface area contributed by atoms with E-state index >= 15 is 0 Å². The van der Waals surface area contributed by atoms with Gasteiger partial charge in [-0.05, 0) is 29.7 Å². The number of nitrogens with zero attached hydrogens (tertiary/aromatic N) is 2. The molecule has 1 N–H and O–H groups in total. The molecule has 160 valence electrons. The number of aromatic nitrogens is 1. The monoisotopic (exact) mass is 436 g/mol. The Labute approximate surface area is 172 Å². The Balaban J connectivity index is 1.55. The van der Waals surface area contributed by atoms with Gasteiger partial charge in [0.1, 0.15) is 0 Å². The number of ether oxygens (including phenoxy) is 1. The SMILES string of the molecule is O=C(Cc1ccc2cc(COCCCS(=O)(=O)O)cnc2c1)ON1C(=O)CCC1=O. The molecular formula is C19H20N2O8S. The number of hydrogen-bond acceptors (Lipinski definition) is 8. The number of pyridine rings is 1. The summed E-state index contributed by atoms with van der Waals surface area (Å²) in [5, 5.41) is 1.33. The van der Waals surface area contributed by atoms with Gasteiger partial charge in [0.05, 0.1) is 24.3 Å². The highest BCUT2D eigenvalue weighted by Crippen LogP contribution is 2.18. The zero-order valence-corrected chi connectivity index (χ0v) is 16.8. The first-order chi connectivity index (χ1) is 14.2. The van der Waals surface area contributed by atoms with Crippen LogP contribution in [-0.2, 0) is 47.1 Å². The standard InChI is InChI=1S/C19H20N2O8S/c22-17-4-5-18(23)21(17)29-19(24)10-13-2-3-15-8-14(11-20-16(15)9-13)12-28-6-1-7-30(25,26)27/h2-3,8-9,11H,1,4-7,10,12H2,(H,25,26,27). The lowest BCUT2D eigenvalue weighted by molar-refractivity contribution is -0.197. The molecule has 0 saturated carbocycles. The van der Waals surface area contributed by atoms with Gasteiger partial charge in [0, 0.05) is 31.0 Å². The molecule has 0 atom stereocenters. The first kappa shape index (κ1) is 21.8. The van der Waals surface area contributed by atoms with Crippen LogP contribution in [0.3, 0.4) is 0 Å². The number of hydrogen-bond donors (Lipinski definition) is 1. The van der Waals surface area contributed by atoms with Gasteiger partial charge in [-0.1, -0.05) is 12.1 Å². The molecule has 0 unspecified atom stereocenters. The molecule has 0 spiro atoms. The van der Waals surface area contributed by atoms with Crippen LogP contribution >= 0.6 is 0 Å². The molecule has 1 aromatic carbocycles. The quantitative estimate of drug-likeness (QED) is 0.348. The molecule has 30 heavy (non-hydrogen) atoms. The predicted octanol–water partition coefficient (Wildman–Crippen LogP) is 1.18. The molecule has 3 rings (SSSR count). The third-order valence-corrected chi connectivity index (χ3v) is 5.12. The average Bonchev–Trinajstić information content (AvgIpc) is 2.99. The van der Waals surface area contributed by atoms with Crippen molar-refractivity contribution in [3.63, 3.8) is 0 Å². The number of benzene rings is 1. The fraction of sp³-hybridized carbons (Fsp3) is 0.368. The van der Waals surface area contributed by atoms with E-state index in [-0.39, 0.29) is 44.6 Å². The minimum absolute atomic E-state index is 0.0403. The van der Waals surface area contributed by atoms with Gasteiger partial charge in [-0.3, -0.25) is 19.1 Å². The molecule has 1 fully saturated rings. The topological polar surface area (TPSA) is 140 Å². The molecule has 2 amide bonds. The molecule has 2 aromatic rings. The van der Waals surface area contributed by atoms with Crippen LogP contribution in [0, 0.1) is 0 Å². The molecule has 1 aliphatic heterocycles. The zero-order valence-electron chi connectivity index (χ0n) is 15.9. The second-order valence-corrected chi connectivity index (χ2v) is 8.36. The molecular weight excluding hydrogens is 416 g/mol. The number of carbonyl (C=O) groups is 3. The van der Waals surface area contributed by atoms with Crippen LogP contribution in [0.15, 0.2) is 30.5 Å². The molecule has 0 radical (unpaired) electrons. The van der Waals surface area contributed by atoms with E-state index in [1.807, 2.05) is 6.07 Å². The summed E-state index contributed by atoms with van der Waals surface area (Å²) in [7, 11) is -3.98. The van der Waals surface area contributed by atoms with E-state index in [9.17, 15) is 22.8 Å². The summed E-state index contributed by atoms with van der Waals surface area (Å²) in [5.74, 6) is -2.12. The van der Waals surface area contributed by atoms with Crippen LogP contribution in [0.1, 0.15) is 30.4 Å². The average molecular weight is 436 g/mol.